The molecule has 2 saturated heterocycles. The largest absolute Gasteiger partial charge is 0.378 e. The Morgan fingerprint density at radius 3 is 2.74 bits per heavy atom. The summed E-state index contributed by atoms with van der Waals surface area (Å²) >= 11 is 0. The summed E-state index contributed by atoms with van der Waals surface area (Å²) in [6, 6.07) is 0. The highest BCUT2D eigenvalue weighted by Crippen LogP contribution is 2.14. The molecule has 5 heteroatoms. The molecule has 1 unspecified atom stereocenters. The van der Waals surface area contributed by atoms with Crippen LogP contribution in [0.5, 0.6) is 0 Å². The van der Waals surface area contributed by atoms with E-state index in [2.05, 4.69) is 17.3 Å². The van der Waals surface area contributed by atoms with Gasteiger partial charge in [-0.3, -0.25) is 4.79 Å². The molecule has 1 N–H and O–H groups in total. The van der Waals surface area contributed by atoms with Gasteiger partial charge in [-0.1, -0.05) is 0 Å². The summed E-state index contributed by atoms with van der Waals surface area (Å²) in [5, 5.41) is 3.26. The number of hydrogen-bond donors (Lipinski definition) is 1. The van der Waals surface area contributed by atoms with Crippen molar-refractivity contribution in [3.05, 3.63) is 0 Å². The van der Waals surface area contributed by atoms with Crippen LogP contribution in [-0.4, -0.2) is 74.7 Å². The molecule has 0 bridgehead atoms. The molecule has 5 nitrogen and oxygen atoms in total. The fourth-order valence-corrected chi connectivity index (χ4v) is 2.66. The first-order valence-electron chi connectivity index (χ1n) is 7.54. The number of nitrogens with one attached hydrogen (secondary N) is 1. The Balaban J connectivity index is 1.53. The van der Waals surface area contributed by atoms with Crippen molar-refractivity contribution in [2.24, 2.45) is 0 Å². The van der Waals surface area contributed by atoms with Crippen LogP contribution >= 0.6 is 0 Å². The zero-order valence-electron chi connectivity index (χ0n) is 12.1. The van der Waals surface area contributed by atoms with Gasteiger partial charge in [0.15, 0.2) is 0 Å². The molecule has 1 amide bonds. The lowest BCUT2D eigenvalue weighted by atomic mass is 10.1. The summed E-state index contributed by atoms with van der Waals surface area (Å²) in [7, 11) is 2.10. The van der Waals surface area contributed by atoms with Crippen LogP contribution in [-0.2, 0) is 9.53 Å². The Hall–Kier alpha value is -0.650. The standard InChI is InChI=1S/C14H27N3O2/c1-16-7-9-17(10-8-16)14(18)12-15-6-5-13-4-2-3-11-19-13/h13,15H,2-12H2,1H3. The van der Waals surface area contributed by atoms with Crippen LogP contribution in [0, 0.1) is 0 Å². The molecule has 0 aromatic rings. The fraction of sp³-hybridized carbons (Fsp3) is 0.929. The molecule has 0 aromatic carbocycles. The van der Waals surface area contributed by atoms with Crippen molar-refractivity contribution >= 4 is 5.91 Å². The van der Waals surface area contributed by atoms with Crippen LogP contribution in [0.2, 0.25) is 0 Å². The molecule has 0 aromatic heterocycles. The van der Waals surface area contributed by atoms with Gasteiger partial charge in [0.25, 0.3) is 0 Å². The lowest BCUT2D eigenvalue weighted by Gasteiger charge is -2.32. The molecule has 110 valence electrons. The lowest BCUT2D eigenvalue weighted by Crippen LogP contribution is -2.49. The van der Waals surface area contributed by atoms with Gasteiger partial charge in [0, 0.05) is 32.8 Å². The molecule has 2 fully saturated rings. The number of amides is 1. The zero-order chi connectivity index (χ0) is 13.5. The van der Waals surface area contributed by atoms with Crippen LogP contribution in [0.15, 0.2) is 0 Å². The van der Waals surface area contributed by atoms with E-state index in [1.165, 1.54) is 19.3 Å². The van der Waals surface area contributed by atoms with Gasteiger partial charge in [0.2, 0.25) is 5.91 Å². The SMILES string of the molecule is CN1CCN(C(=O)CNCCC2CCCCO2)CC1. The molecule has 2 rings (SSSR count). The first-order chi connectivity index (χ1) is 9.25. The quantitative estimate of drug-likeness (QED) is 0.730. The first kappa shape index (κ1) is 14.8. The van der Waals surface area contributed by atoms with Crippen molar-refractivity contribution in [2.45, 2.75) is 31.8 Å². The van der Waals surface area contributed by atoms with E-state index >= 15 is 0 Å². The van der Waals surface area contributed by atoms with E-state index in [0.717, 1.165) is 45.8 Å². The molecule has 2 aliphatic heterocycles. The highest BCUT2D eigenvalue weighted by molar-refractivity contribution is 5.78. The number of hydrogen-bond acceptors (Lipinski definition) is 4. The minimum atomic E-state index is 0.234. The third-order valence-corrected chi connectivity index (χ3v) is 4.05. The van der Waals surface area contributed by atoms with Gasteiger partial charge in [-0.15, -0.1) is 0 Å². The molecule has 2 aliphatic rings. The Labute approximate surface area is 116 Å². The average Bonchev–Trinajstić information content (AvgIpc) is 2.45. The fourth-order valence-electron chi connectivity index (χ4n) is 2.66. The van der Waals surface area contributed by atoms with Crippen LogP contribution in [0.3, 0.4) is 0 Å². The maximum absolute atomic E-state index is 12.0. The van der Waals surface area contributed by atoms with Gasteiger partial charge >= 0.3 is 0 Å². The number of rotatable bonds is 5. The Kier molecular flexibility index (Phi) is 6.07. The predicted octanol–water partition coefficient (Wildman–Crippen LogP) is 0.309. The minimum Gasteiger partial charge on any atom is -0.378 e. The van der Waals surface area contributed by atoms with Gasteiger partial charge in [0.05, 0.1) is 12.6 Å². The predicted molar refractivity (Wildman–Crippen MR) is 75.2 cm³/mol. The Morgan fingerprint density at radius 1 is 1.26 bits per heavy atom. The average molecular weight is 269 g/mol. The summed E-state index contributed by atoms with van der Waals surface area (Å²) in [6.45, 7) is 5.96. The van der Waals surface area contributed by atoms with Crippen LogP contribution in [0.4, 0.5) is 0 Å². The summed E-state index contributed by atoms with van der Waals surface area (Å²) in [4.78, 5) is 16.2. The molecular weight excluding hydrogens is 242 g/mol. The molecule has 1 atom stereocenters. The van der Waals surface area contributed by atoms with Crippen molar-refractivity contribution in [2.75, 3.05) is 52.9 Å². The van der Waals surface area contributed by atoms with E-state index in [1.807, 2.05) is 4.90 Å². The van der Waals surface area contributed by atoms with Crippen molar-refractivity contribution in [1.29, 1.82) is 0 Å². The van der Waals surface area contributed by atoms with Crippen molar-refractivity contribution in [3.8, 4) is 0 Å². The number of ether oxygens (including phenoxy) is 1. The van der Waals surface area contributed by atoms with Gasteiger partial charge in [-0.2, -0.15) is 0 Å². The van der Waals surface area contributed by atoms with Gasteiger partial charge < -0.3 is 19.9 Å². The second-order valence-electron chi connectivity index (χ2n) is 5.64. The number of piperazine rings is 1. The van der Waals surface area contributed by atoms with Gasteiger partial charge in [0.1, 0.15) is 0 Å². The summed E-state index contributed by atoms with van der Waals surface area (Å²) in [6.07, 6.45) is 5.08. The Bertz CT molecular complexity index is 272. The van der Waals surface area contributed by atoms with Gasteiger partial charge in [-0.25, -0.2) is 0 Å². The molecule has 2 heterocycles. The summed E-state index contributed by atoms with van der Waals surface area (Å²) < 4.78 is 5.67. The third-order valence-electron chi connectivity index (χ3n) is 4.05. The van der Waals surface area contributed by atoms with Gasteiger partial charge in [-0.05, 0) is 39.3 Å². The maximum atomic E-state index is 12.0. The second kappa shape index (κ2) is 7.82. The van der Waals surface area contributed by atoms with Crippen LogP contribution < -0.4 is 5.32 Å². The lowest BCUT2D eigenvalue weighted by molar-refractivity contribution is -0.131. The minimum absolute atomic E-state index is 0.234. The summed E-state index contributed by atoms with van der Waals surface area (Å²) in [5.41, 5.74) is 0. The normalized spacial score (nSPS) is 25.5. The highest BCUT2D eigenvalue weighted by atomic mass is 16.5. The van der Waals surface area contributed by atoms with E-state index < -0.39 is 0 Å². The third kappa shape index (κ3) is 5.09. The maximum Gasteiger partial charge on any atom is 0.236 e. The van der Waals surface area contributed by atoms with Crippen molar-refractivity contribution in [1.82, 2.24) is 15.1 Å². The first-order valence-corrected chi connectivity index (χ1v) is 7.54. The van der Waals surface area contributed by atoms with E-state index in [9.17, 15) is 4.79 Å². The van der Waals surface area contributed by atoms with E-state index in [1.54, 1.807) is 0 Å². The molecule has 0 spiro atoms. The zero-order valence-corrected chi connectivity index (χ0v) is 12.1. The smallest absolute Gasteiger partial charge is 0.236 e. The molecule has 0 saturated carbocycles. The monoisotopic (exact) mass is 269 g/mol. The van der Waals surface area contributed by atoms with Crippen LogP contribution in [0.1, 0.15) is 25.7 Å². The molecule has 19 heavy (non-hydrogen) atoms. The van der Waals surface area contributed by atoms with Crippen LogP contribution in [0.25, 0.3) is 0 Å². The molecule has 0 aliphatic carbocycles. The topological polar surface area (TPSA) is 44.8 Å². The Morgan fingerprint density at radius 2 is 2.05 bits per heavy atom. The van der Waals surface area contributed by atoms with E-state index in [-0.39, 0.29) is 5.91 Å². The van der Waals surface area contributed by atoms with E-state index in [4.69, 9.17) is 4.74 Å². The number of carbonyl (C=O) groups excluding carboxylic acids is 1. The number of carbonyl (C=O) groups is 1. The van der Waals surface area contributed by atoms with Crippen molar-refractivity contribution < 1.29 is 9.53 Å². The molecular formula is C14H27N3O2. The number of nitrogens with zero attached hydrogens (tertiary/aromatic N) is 2. The van der Waals surface area contributed by atoms with Crippen molar-refractivity contribution in [3.63, 3.8) is 0 Å². The van der Waals surface area contributed by atoms with E-state index in [0.29, 0.717) is 12.6 Å². The second-order valence-corrected chi connectivity index (χ2v) is 5.64. The summed E-state index contributed by atoms with van der Waals surface area (Å²) in [5.74, 6) is 0.234. The molecule has 0 radical (unpaired) electrons. The highest BCUT2D eigenvalue weighted by Gasteiger charge is 2.18. The number of likely N-dealkylation sites (N-methyl/N-ethyl adjacent to an activating group) is 1.